The van der Waals surface area contributed by atoms with E-state index in [1.165, 1.54) is 0 Å². The fraction of sp³-hybridized carbons (Fsp3) is 1.00. The minimum atomic E-state index is -0.554. The van der Waals surface area contributed by atoms with Gasteiger partial charge in [0, 0.05) is 25.0 Å². The van der Waals surface area contributed by atoms with Crippen LogP contribution in [-0.2, 0) is 4.74 Å². The molecule has 2 fully saturated rings. The first kappa shape index (κ1) is 16.2. The van der Waals surface area contributed by atoms with E-state index in [9.17, 15) is 10.2 Å². The molecular weight excluding hydrogens is 254 g/mol. The van der Waals surface area contributed by atoms with Crippen molar-refractivity contribution >= 4 is 0 Å². The van der Waals surface area contributed by atoms with Gasteiger partial charge in [-0.15, -0.1) is 0 Å². The van der Waals surface area contributed by atoms with Crippen molar-refractivity contribution in [3.63, 3.8) is 0 Å². The lowest BCUT2D eigenvalue weighted by Gasteiger charge is -2.57. The minimum absolute atomic E-state index is 0.0109. The molecule has 118 valence electrons. The summed E-state index contributed by atoms with van der Waals surface area (Å²) < 4.78 is 5.79. The van der Waals surface area contributed by atoms with E-state index in [1.807, 2.05) is 6.92 Å². The molecule has 4 heteroatoms. The number of rotatable bonds is 6. The summed E-state index contributed by atoms with van der Waals surface area (Å²) in [5.74, 6) is 0. The SMILES string of the molecule is CCOC1CC(O)C12CCN(CC(O)(CC)CC)CC2. The van der Waals surface area contributed by atoms with Gasteiger partial charge in [-0.25, -0.2) is 0 Å². The maximum atomic E-state index is 10.5. The highest BCUT2D eigenvalue weighted by Gasteiger charge is 2.56. The average molecular weight is 285 g/mol. The summed E-state index contributed by atoms with van der Waals surface area (Å²) in [4.78, 5) is 2.35. The number of β-amino-alcohol motifs (C(OH)–C–C–N with tert-alkyl or cyclic N) is 1. The summed E-state index contributed by atoms with van der Waals surface area (Å²) in [7, 11) is 0. The minimum Gasteiger partial charge on any atom is -0.392 e. The van der Waals surface area contributed by atoms with Crippen LogP contribution in [0.1, 0.15) is 52.9 Å². The number of likely N-dealkylation sites (tertiary alicyclic amines) is 1. The molecule has 2 rings (SSSR count). The number of aliphatic hydroxyl groups is 2. The van der Waals surface area contributed by atoms with Crippen LogP contribution >= 0.6 is 0 Å². The highest BCUT2D eigenvalue weighted by Crippen LogP contribution is 2.51. The van der Waals surface area contributed by atoms with Crippen molar-refractivity contribution in [2.75, 3.05) is 26.2 Å². The highest BCUT2D eigenvalue weighted by atomic mass is 16.5. The summed E-state index contributed by atoms with van der Waals surface area (Å²) in [6, 6.07) is 0. The molecule has 0 aromatic rings. The van der Waals surface area contributed by atoms with Crippen molar-refractivity contribution in [2.24, 2.45) is 5.41 Å². The molecule has 2 unspecified atom stereocenters. The summed E-state index contributed by atoms with van der Waals surface area (Å²) in [6.45, 7) is 9.53. The van der Waals surface area contributed by atoms with Crippen LogP contribution in [0.25, 0.3) is 0 Å². The third-order valence-electron chi connectivity index (χ3n) is 5.73. The van der Waals surface area contributed by atoms with Gasteiger partial charge in [-0.05, 0) is 45.7 Å². The van der Waals surface area contributed by atoms with Crippen LogP contribution in [0.3, 0.4) is 0 Å². The van der Waals surface area contributed by atoms with Crippen molar-refractivity contribution in [3.05, 3.63) is 0 Å². The van der Waals surface area contributed by atoms with Gasteiger partial charge in [-0.2, -0.15) is 0 Å². The third-order valence-corrected chi connectivity index (χ3v) is 5.73. The van der Waals surface area contributed by atoms with Gasteiger partial charge in [0.1, 0.15) is 0 Å². The third kappa shape index (κ3) is 2.89. The monoisotopic (exact) mass is 285 g/mol. The van der Waals surface area contributed by atoms with Crippen LogP contribution in [0.2, 0.25) is 0 Å². The molecule has 1 saturated carbocycles. The van der Waals surface area contributed by atoms with Crippen molar-refractivity contribution in [1.82, 2.24) is 4.90 Å². The second kappa shape index (κ2) is 6.30. The van der Waals surface area contributed by atoms with Gasteiger partial charge in [-0.1, -0.05) is 13.8 Å². The second-order valence-electron chi connectivity index (χ2n) is 6.64. The van der Waals surface area contributed by atoms with Crippen LogP contribution < -0.4 is 0 Å². The number of nitrogens with zero attached hydrogens (tertiary/aromatic N) is 1. The Labute approximate surface area is 123 Å². The van der Waals surface area contributed by atoms with E-state index in [0.717, 1.165) is 58.3 Å². The van der Waals surface area contributed by atoms with Gasteiger partial charge in [0.15, 0.2) is 0 Å². The Kier molecular flexibility index (Phi) is 5.11. The zero-order chi connectivity index (χ0) is 14.8. The fourth-order valence-corrected chi connectivity index (χ4v) is 3.83. The Morgan fingerprint density at radius 1 is 1.20 bits per heavy atom. The van der Waals surface area contributed by atoms with Gasteiger partial charge < -0.3 is 19.8 Å². The maximum absolute atomic E-state index is 10.5. The molecule has 0 radical (unpaired) electrons. The molecule has 1 aliphatic carbocycles. The predicted octanol–water partition coefficient (Wildman–Crippen LogP) is 1.79. The van der Waals surface area contributed by atoms with E-state index in [4.69, 9.17) is 4.74 Å². The van der Waals surface area contributed by atoms with E-state index in [1.54, 1.807) is 0 Å². The Morgan fingerprint density at radius 2 is 1.80 bits per heavy atom. The Bertz CT molecular complexity index is 307. The normalized spacial score (nSPS) is 30.4. The highest BCUT2D eigenvalue weighted by molar-refractivity contribution is 5.06. The van der Waals surface area contributed by atoms with Gasteiger partial charge in [-0.3, -0.25) is 0 Å². The van der Waals surface area contributed by atoms with E-state index < -0.39 is 5.60 Å². The molecule has 4 nitrogen and oxygen atoms in total. The van der Waals surface area contributed by atoms with Gasteiger partial charge >= 0.3 is 0 Å². The number of piperidine rings is 1. The van der Waals surface area contributed by atoms with E-state index >= 15 is 0 Å². The Hall–Kier alpha value is -0.160. The summed E-state index contributed by atoms with van der Waals surface area (Å²) in [6.07, 6.45) is 4.41. The summed E-state index contributed by atoms with van der Waals surface area (Å²) in [5, 5.41) is 20.6. The first-order chi connectivity index (χ1) is 9.49. The van der Waals surface area contributed by atoms with Crippen molar-refractivity contribution < 1.29 is 14.9 Å². The van der Waals surface area contributed by atoms with Crippen LogP contribution in [0.15, 0.2) is 0 Å². The summed E-state index contributed by atoms with van der Waals surface area (Å²) >= 11 is 0. The summed E-state index contributed by atoms with van der Waals surface area (Å²) in [5.41, 5.74) is -0.564. The molecule has 0 amide bonds. The molecule has 0 bridgehead atoms. The Morgan fingerprint density at radius 3 is 2.25 bits per heavy atom. The molecule has 0 aromatic heterocycles. The van der Waals surface area contributed by atoms with Crippen molar-refractivity contribution in [1.29, 1.82) is 0 Å². The lowest BCUT2D eigenvalue weighted by molar-refractivity contribution is -0.211. The number of aliphatic hydroxyl groups excluding tert-OH is 1. The molecule has 1 saturated heterocycles. The zero-order valence-corrected chi connectivity index (χ0v) is 13.3. The first-order valence-corrected chi connectivity index (χ1v) is 8.24. The van der Waals surface area contributed by atoms with Gasteiger partial charge in [0.2, 0.25) is 0 Å². The molecular formula is C16H31NO3. The van der Waals surface area contributed by atoms with Crippen LogP contribution in [0.4, 0.5) is 0 Å². The van der Waals surface area contributed by atoms with Gasteiger partial charge in [0.25, 0.3) is 0 Å². The van der Waals surface area contributed by atoms with Crippen molar-refractivity contribution in [2.45, 2.75) is 70.7 Å². The Balaban J connectivity index is 1.89. The molecule has 1 spiro atoms. The molecule has 0 aromatic carbocycles. The molecule has 2 atom stereocenters. The van der Waals surface area contributed by atoms with Crippen molar-refractivity contribution in [3.8, 4) is 0 Å². The van der Waals surface area contributed by atoms with Crippen LogP contribution in [0.5, 0.6) is 0 Å². The first-order valence-electron chi connectivity index (χ1n) is 8.24. The van der Waals surface area contributed by atoms with Crippen LogP contribution in [0, 0.1) is 5.41 Å². The maximum Gasteiger partial charge on any atom is 0.0768 e. The fourth-order valence-electron chi connectivity index (χ4n) is 3.83. The van der Waals surface area contributed by atoms with E-state index in [0.29, 0.717) is 0 Å². The number of ether oxygens (including phenoxy) is 1. The van der Waals surface area contributed by atoms with Crippen LogP contribution in [-0.4, -0.2) is 59.2 Å². The smallest absolute Gasteiger partial charge is 0.0768 e. The molecule has 1 heterocycles. The standard InChI is InChI=1S/C16H31NO3/c1-4-15(19,5-2)12-17-9-7-16(8-10-17)13(18)11-14(16)20-6-3/h13-14,18-19H,4-12H2,1-3H3. The topological polar surface area (TPSA) is 52.9 Å². The van der Waals surface area contributed by atoms with E-state index in [2.05, 4.69) is 18.7 Å². The largest absolute Gasteiger partial charge is 0.392 e. The lowest BCUT2D eigenvalue weighted by atomic mass is 9.58. The molecule has 1 aliphatic heterocycles. The van der Waals surface area contributed by atoms with E-state index in [-0.39, 0.29) is 17.6 Å². The quantitative estimate of drug-likeness (QED) is 0.781. The molecule has 2 N–H and O–H groups in total. The second-order valence-corrected chi connectivity index (χ2v) is 6.64. The predicted molar refractivity (Wildman–Crippen MR) is 79.7 cm³/mol. The average Bonchev–Trinajstić information content (AvgIpc) is 2.47. The molecule has 2 aliphatic rings. The van der Waals surface area contributed by atoms with Gasteiger partial charge in [0.05, 0.1) is 17.8 Å². The molecule has 20 heavy (non-hydrogen) atoms. The zero-order valence-electron chi connectivity index (χ0n) is 13.3. The number of hydrogen-bond acceptors (Lipinski definition) is 4. The number of hydrogen-bond donors (Lipinski definition) is 2. The lowest BCUT2D eigenvalue weighted by Crippen LogP contribution is -2.63.